The van der Waals surface area contributed by atoms with Gasteiger partial charge in [0, 0.05) is 0 Å². The maximum Gasteiger partial charge on any atom is 0.318 e. The number of aliphatic carboxylic acids is 1. The Hall–Kier alpha value is -1.88. The summed E-state index contributed by atoms with van der Waals surface area (Å²) in [5, 5.41) is 19.3. The molecule has 1 amide bonds. The van der Waals surface area contributed by atoms with Crippen molar-refractivity contribution in [2.45, 2.75) is 46.6 Å². The van der Waals surface area contributed by atoms with Gasteiger partial charge < -0.3 is 5.11 Å². The van der Waals surface area contributed by atoms with E-state index in [0.717, 1.165) is 11.1 Å². The number of hydrogen-bond acceptors (Lipinski definition) is 3. The topological polar surface area (TPSA) is 77.8 Å². The van der Waals surface area contributed by atoms with E-state index in [1.165, 1.54) is 13.8 Å². The number of carboxylic acids is 1. The summed E-state index contributed by atoms with van der Waals surface area (Å²) in [6.07, 6.45) is 0. The van der Waals surface area contributed by atoms with E-state index in [4.69, 9.17) is 5.11 Å². The number of carbonyl (C=O) groups is 2. The maximum absolute atomic E-state index is 11.9. The van der Waals surface area contributed by atoms with Gasteiger partial charge in [0.2, 0.25) is 0 Å². The van der Waals surface area contributed by atoms with E-state index in [1.54, 1.807) is 0 Å². The van der Waals surface area contributed by atoms with Gasteiger partial charge in [0.1, 0.15) is 5.41 Å². The first-order valence-corrected chi connectivity index (χ1v) is 6.80. The smallest absolute Gasteiger partial charge is 0.318 e. The van der Waals surface area contributed by atoms with Crippen LogP contribution in [0.2, 0.25) is 0 Å². The minimum atomic E-state index is -1.65. The Bertz CT molecular complexity index is 526. The van der Waals surface area contributed by atoms with Crippen molar-refractivity contribution in [3.63, 3.8) is 0 Å². The Morgan fingerprint density at radius 3 is 1.90 bits per heavy atom. The molecule has 5 nitrogen and oxygen atoms in total. The Labute approximate surface area is 125 Å². The predicted octanol–water partition coefficient (Wildman–Crippen LogP) is 2.81. The van der Waals surface area contributed by atoms with Crippen LogP contribution in [0.4, 0.5) is 0 Å². The van der Waals surface area contributed by atoms with Crippen LogP contribution in [-0.2, 0) is 21.5 Å². The largest absolute Gasteiger partial charge is 0.480 e. The number of rotatable bonds is 4. The fourth-order valence-electron chi connectivity index (χ4n) is 1.77. The molecule has 0 heterocycles. The van der Waals surface area contributed by atoms with E-state index in [1.807, 2.05) is 24.3 Å². The molecule has 0 spiro atoms. The Morgan fingerprint density at radius 1 is 1.05 bits per heavy atom. The second-order valence-corrected chi connectivity index (χ2v) is 6.74. The van der Waals surface area contributed by atoms with Gasteiger partial charge in [0.05, 0.1) is 6.54 Å². The lowest BCUT2D eigenvalue weighted by Gasteiger charge is -2.24. The van der Waals surface area contributed by atoms with E-state index in [2.05, 4.69) is 20.8 Å². The summed E-state index contributed by atoms with van der Waals surface area (Å²) < 4.78 is 0. The summed E-state index contributed by atoms with van der Waals surface area (Å²) in [5.41, 5.74) is 0.256. The molecule has 0 unspecified atom stereocenters. The monoisotopic (exact) mass is 293 g/mol. The quantitative estimate of drug-likeness (QED) is 0.508. The Kier molecular flexibility index (Phi) is 4.79. The molecule has 1 aromatic carbocycles. The second kappa shape index (κ2) is 5.85. The molecule has 1 rings (SSSR count). The minimum absolute atomic E-state index is 0.0263. The van der Waals surface area contributed by atoms with Crippen LogP contribution in [0.15, 0.2) is 24.3 Å². The molecule has 5 heteroatoms. The number of hydroxylamine groups is 2. The molecule has 116 valence electrons. The van der Waals surface area contributed by atoms with Crippen molar-refractivity contribution in [3.8, 4) is 0 Å². The fraction of sp³-hybridized carbons (Fsp3) is 0.500. The van der Waals surface area contributed by atoms with Crippen molar-refractivity contribution in [1.29, 1.82) is 0 Å². The summed E-state index contributed by atoms with van der Waals surface area (Å²) in [5.74, 6) is -2.11. The number of carbonyl (C=O) groups excluding carboxylic acids is 1. The maximum atomic E-state index is 11.9. The van der Waals surface area contributed by atoms with Crippen LogP contribution in [0, 0.1) is 5.41 Å². The molecule has 0 saturated heterocycles. The number of amides is 1. The zero-order valence-electron chi connectivity index (χ0n) is 13.2. The Morgan fingerprint density at radius 2 is 1.52 bits per heavy atom. The third-order valence-electron chi connectivity index (χ3n) is 3.46. The molecule has 0 fully saturated rings. The highest BCUT2D eigenvalue weighted by Gasteiger charge is 2.39. The lowest BCUT2D eigenvalue weighted by molar-refractivity contribution is -0.183. The fourth-order valence-corrected chi connectivity index (χ4v) is 1.77. The molecular formula is C16H23NO4. The van der Waals surface area contributed by atoms with Gasteiger partial charge in [-0.25, -0.2) is 5.06 Å². The highest BCUT2D eigenvalue weighted by molar-refractivity contribution is 6.00. The number of benzene rings is 1. The van der Waals surface area contributed by atoms with Gasteiger partial charge >= 0.3 is 5.97 Å². The van der Waals surface area contributed by atoms with Gasteiger partial charge in [-0.2, -0.15) is 0 Å². The van der Waals surface area contributed by atoms with Crippen LogP contribution in [0.3, 0.4) is 0 Å². The number of nitrogens with zero attached hydrogens (tertiary/aromatic N) is 1. The Balaban J connectivity index is 2.82. The normalized spacial score (nSPS) is 12.1. The molecule has 0 aromatic heterocycles. The third-order valence-corrected chi connectivity index (χ3v) is 3.46. The molecule has 0 saturated carbocycles. The van der Waals surface area contributed by atoms with Crippen LogP contribution >= 0.6 is 0 Å². The van der Waals surface area contributed by atoms with Crippen LogP contribution in [-0.4, -0.2) is 27.3 Å². The summed E-state index contributed by atoms with van der Waals surface area (Å²) in [4.78, 5) is 22.9. The van der Waals surface area contributed by atoms with Crippen LogP contribution < -0.4 is 0 Å². The van der Waals surface area contributed by atoms with E-state index in [-0.39, 0.29) is 12.0 Å². The summed E-state index contributed by atoms with van der Waals surface area (Å²) in [7, 11) is 0. The number of hydrogen-bond donors (Lipinski definition) is 2. The first-order valence-electron chi connectivity index (χ1n) is 6.80. The summed E-state index contributed by atoms with van der Waals surface area (Å²) >= 11 is 0. The zero-order chi connectivity index (χ0) is 16.4. The lowest BCUT2D eigenvalue weighted by atomic mass is 9.86. The van der Waals surface area contributed by atoms with Crippen molar-refractivity contribution in [3.05, 3.63) is 35.4 Å². The molecule has 0 bridgehead atoms. The van der Waals surface area contributed by atoms with Gasteiger partial charge in [-0.3, -0.25) is 14.8 Å². The van der Waals surface area contributed by atoms with E-state index in [9.17, 15) is 14.8 Å². The lowest BCUT2D eigenvalue weighted by Crippen LogP contribution is -2.43. The highest BCUT2D eigenvalue weighted by Crippen LogP contribution is 2.23. The molecule has 1 aromatic rings. The SMILES string of the molecule is CC(C)(C(=O)O)C(=O)N(O)Cc1ccc(C(C)(C)C)cc1. The van der Waals surface area contributed by atoms with Gasteiger partial charge in [-0.15, -0.1) is 0 Å². The van der Waals surface area contributed by atoms with E-state index >= 15 is 0 Å². The van der Waals surface area contributed by atoms with Crippen molar-refractivity contribution in [2.75, 3.05) is 0 Å². The molecule has 2 N–H and O–H groups in total. The summed E-state index contributed by atoms with van der Waals surface area (Å²) in [6, 6.07) is 7.53. The van der Waals surface area contributed by atoms with Crippen molar-refractivity contribution >= 4 is 11.9 Å². The third kappa shape index (κ3) is 4.04. The van der Waals surface area contributed by atoms with E-state index < -0.39 is 17.3 Å². The first kappa shape index (κ1) is 17.2. The molecule has 0 aliphatic carbocycles. The van der Waals surface area contributed by atoms with Gasteiger partial charge in [0.25, 0.3) is 5.91 Å². The molecular weight excluding hydrogens is 270 g/mol. The second-order valence-electron chi connectivity index (χ2n) is 6.74. The molecule has 21 heavy (non-hydrogen) atoms. The molecule has 0 radical (unpaired) electrons. The van der Waals surface area contributed by atoms with Crippen molar-refractivity contribution in [1.82, 2.24) is 5.06 Å². The van der Waals surface area contributed by atoms with Crippen LogP contribution in [0.25, 0.3) is 0 Å². The first-order chi connectivity index (χ1) is 9.46. The average Bonchev–Trinajstić information content (AvgIpc) is 2.37. The average molecular weight is 293 g/mol. The standard InChI is InChI=1S/C16H23NO4/c1-15(2,3)12-8-6-11(7-9-12)10-17(21)13(18)16(4,5)14(19)20/h6-9,21H,10H2,1-5H3,(H,19,20). The minimum Gasteiger partial charge on any atom is -0.480 e. The predicted molar refractivity (Wildman–Crippen MR) is 78.9 cm³/mol. The molecule has 0 atom stereocenters. The van der Waals surface area contributed by atoms with Gasteiger partial charge in [0.15, 0.2) is 0 Å². The van der Waals surface area contributed by atoms with Crippen LogP contribution in [0.5, 0.6) is 0 Å². The van der Waals surface area contributed by atoms with Crippen molar-refractivity contribution in [2.24, 2.45) is 5.41 Å². The number of carboxylic acid groups (broad SMARTS) is 1. The summed E-state index contributed by atoms with van der Waals surface area (Å²) in [6.45, 7) is 8.78. The van der Waals surface area contributed by atoms with Crippen molar-refractivity contribution < 1.29 is 19.9 Å². The van der Waals surface area contributed by atoms with Gasteiger partial charge in [-0.1, -0.05) is 45.0 Å². The van der Waals surface area contributed by atoms with Crippen LogP contribution in [0.1, 0.15) is 45.7 Å². The van der Waals surface area contributed by atoms with E-state index in [0.29, 0.717) is 5.06 Å². The molecule has 0 aliphatic heterocycles. The van der Waals surface area contributed by atoms with Gasteiger partial charge in [-0.05, 0) is 30.4 Å². The molecule has 0 aliphatic rings. The highest BCUT2D eigenvalue weighted by atomic mass is 16.5. The zero-order valence-corrected chi connectivity index (χ0v) is 13.2.